The van der Waals surface area contributed by atoms with Crippen molar-refractivity contribution in [1.82, 2.24) is 4.98 Å². The minimum atomic E-state index is -0.859. The van der Waals surface area contributed by atoms with E-state index in [1.807, 2.05) is 30.3 Å². The molecule has 2 N–H and O–H groups in total. The second-order valence-electron chi connectivity index (χ2n) is 4.53. The fraction of sp³-hybridized carbons (Fsp3) is 0.333. The third kappa shape index (κ3) is 3.44. The molecule has 1 aromatic heterocycles. The maximum atomic E-state index is 10.8. The first-order chi connectivity index (χ1) is 9.20. The normalized spacial score (nSPS) is 10.6. The van der Waals surface area contributed by atoms with Crippen LogP contribution in [0.2, 0.25) is 0 Å². The molecule has 0 aliphatic rings. The Morgan fingerprint density at radius 3 is 2.89 bits per heavy atom. The number of unbranched alkanes of at least 4 members (excludes halogenated alkanes) is 1. The van der Waals surface area contributed by atoms with Gasteiger partial charge in [-0.15, -0.1) is 0 Å². The van der Waals surface area contributed by atoms with Gasteiger partial charge in [0.15, 0.2) is 0 Å². The highest BCUT2D eigenvalue weighted by atomic mass is 16.4. The lowest BCUT2D eigenvalue weighted by Crippen LogP contribution is -2.06. The van der Waals surface area contributed by atoms with Crippen molar-refractivity contribution in [3.8, 4) is 0 Å². The Morgan fingerprint density at radius 1 is 1.37 bits per heavy atom. The first-order valence-electron chi connectivity index (χ1n) is 6.55. The van der Waals surface area contributed by atoms with Gasteiger partial charge in [0.1, 0.15) is 0 Å². The zero-order chi connectivity index (χ0) is 13.7. The maximum absolute atomic E-state index is 10.8. The topological polar surface area (TPSA) is 62.2 Å². The fourth-order valence-corrected chi connectivity index (χ4v) is 2.02. The number of anilines is 1. The molecule has 0 bridgehead atoms. The number of carbonyl (C=O) groups is 1. The summed E-state index contributed by atoms with van der Waals surface area (Å²) in [5.41, 5.74) is 2.39. The molecule has 0 spiro atoms. The van der Waals surface area contributed by atoms with E-state index in [4.69, 9.17) is 5.11 Å². The van der Waals surface area contributed by atoms with E-state index in [-0.39, 0.29) is 6.42 Å². The largest absolute Gasteiger partial charge is 0.481 e. The lowest BCUT2D eigenvalue weighted by molar-refractivity contribution is -0.136. The number of nitrogens with one attached hydrogen (secondary N) is 1. The standard InChI is InChI=1S/C15H18N2O2/c1-2-3-8-16-14-9-11(10-15(18)19)17-13-7-5-4-6-12(13)14/h4-7,9H,2-3,8,10H2,1H3,(H,16,17)(H,18,19). The molecular formula is C15H18N2O2. The molecule has 0 fully saturated rings. The number of rotatable bonds is 6. The summed E-state index contributed by atoms with van der Waals surface area (Å²) in [5, 5.41) is 13.3. The van der Waals surface area contributed by atoms with Crippen LogP contribution in [-0.4, -0.2) is 22.6 Å². The second kappa shape index (κ2) is 6.18. The van der Waals surface area contributed by atoms with Crippen LogP contribution in [0.1, 0.15) is 25.5 Å². The van der Waals surface area contributed by atoms with Gasteiger partial charge in [-0.3, -0.25) is 9.78 Å². The molecule has 0 aliphatic heterocycles. The van der Waals surface area contributed by atoms with Crippen LogP contribution in [0, 0.1) is 0 Å². The van der Waals surface area contributed by atoms with Crippen molar-refractivity contribution in [1.29, 1.82) is 0 Å². The predicted molar refractivity (Wildman–Crippen MR) is 76.5 cm³/mol. The van der Waals surface area contributed by atoms with Gasteiger partial charge in [0.2, 0.25) is 0 Å². The monoisotopic (exact) mass is 258 g/mol. The van der Waals surface area contributed by atoms with Crippen LogP contribution >= 0.6 is 0 Å². The molecule has 4 heteroatoms. The number of fused-ring (bicyclic) bond motifs is 1. The highest BCUT2D eigenvalue weighted by Crippen LogP contribution is 2.23. The van der Waals surface area contributed by atoms with E-state index in [0.717, 1.165) is 36.0 Å². The van der Waals surface area contributed by atoms with Crippen LogP contribution in [0.5, 0.6) is 0 Å². The van der Waals surface area contributed by atoms with Crippen LogP contribution in [0.3, 0.4) is 0 Å². The van der Waals surface area contributed by atoms with Gasteiger partial charge in [0, 0.05) is 17.6 Å². The van der Waals surface area contributed by atoms with Crippen LogP contribution in [0.25, 0.3) is 10.9 Å². The van der Waals surface area contributed by atoms with Gasteiger partial charge in [-0.05, 0) is 18.6 Å². The number of hydrogen-bond donors (Lipinski definition) is 2. The van der Waals surface area contributed by atoms with E-state index in [2.05, 4.69) is 17.2 Å². The van der Waals surface area contributed by atoms with Crippen LogP contribution in [0.15, 0.2) is 30.3 Å². The number of hydrogen-bond acceptors (Lipinski definition) is 3. The number of aliphatic carboxylic acids is 1. The quantitative estimate of drug-likeness (QED) is 0.782. The van der Waals surface area contributed by atoms with Crippen molar-refractivity contribution >= 4 is 22.6 Å². The second-order valence-corrected chi connectivity index (χ2v) is 4.53. The minimum Gasteiger partial charge on any atom is -0.481 e. The Morgan fingerprint density at radius 2 is 2.16 bits per heavy atom. The number of nitrogens with zero attached hydrogens (tertiary/aromatic N) is 1. The molecule has 2 aromatic rings. The van der Waals surface area contributed by atoms with Crippen LogP contribution in [-0.2, 0) is 11.2 Å². The molecule has 0 atom stereocenters. The predicted octanol–water partition coefficient (Wildman–Crippen LogP) is 3.07. The highest BCUT2D eigenvalue weighted by molar-refractivity contribution is 5.91. The van der Waals surface area contributed by atoms with Gasteiger partial charge in [-0.2, -0.15) is 0 Å². The molecule has 1 heterocycles. The van der Waals surface area contributed by atoms with Gasteiger partial charge in [-0.1, -0.05) is 31.5 Å². The van der Waals surface area contributed by atoms with E-state index >= 15 is 0 Å². The van der Waals surface area contributed by atoms with Crippen LogP contribution in [0.4, 0.5) is 5.69 Å². The number of pyridine rings is 1. The van der Waals surface area contributed by atoms with Gasteiger partial charge >= 0.3 is 5.97 Å². The van der Waals surface area contributed by atoms with E-state index in [0.29, 0.717) is 5.69 Å². The molecule has 0 radical (unpaired) electrons. The van der Waals surface area contributed by atoms with Crippen molar-refractivity contribution < 1.29 is 9.90 Å². The molecule has 19 heavy (non-hydrogen) atoms. The Balaban J connectivity index is 2.36. The summed E-state index contributed by atoms with van der Waals surface area (Å²) < 4.78 is 0. The SMILES string of the molecule is CCCCNc1cc(CC(=O)O)nc2ccccc12. The fourth-order valence-electron chi connectivity index (χ4n) is 2.02. The average Bonchev–Trinajstić information content (AvgIpc) is 2.38. The van der Waals surface area contributed by atoms with E-state index in [1.54, 1.807) is 0 Å². The van der Waals surface area contributed by atoms with E-state index in [1.165, 1.54) is 0 Å². The molecule has 0 saturated heterocycles. The Labute approximate surface area is 112 Å². The summed E-state index contributed by atoms with van der Waals surface area (Å²) in [7, 11) is 0. The zero-order valence-corrected chi connectivity index (χ0v) is 11.0. The lowest BCUT2D eigenvalue weighted by atomic mass is 10.1. The molecule has 1 aromatic carbocycles. The number of aromatic nitrogens is 1. The molecule has 0 amide bonds. The summed E-state index contributed by atoms with van der Waals surface area (Å²) in [6.07, 6.45) is 2.16. The van der Waals surface area contributed by atoms with E-state index < -0.39 is 5.97 Å². The number of benzene rings is 1. The zero-order valence-electron chi connectivity index (χ0n) is 11.0. The summed E-state index contributed by atoms with van der Waals surface area (Å²) in [4.78, 5) is 15.2. The molecule has 2 rings (SSSR count). The Bertz CT molecular complexity index is 581. The first-order valence-corrected chi connectivity index (χ1v) is 6.55. The lowest BCUT2D eigenvalue weighted by Gasteiger charge is -2.11. The minimum absolute atomic E-state index is 0.0483. The average molecular weight is 258 g/mol. The number of para-hydroxylation sites is 1. The van der Waals surface area contributed by atoms with Crippen molar-refractivity contribution in [2.45, 2.75) is 26.2 Å². The summed E-state index contributed by atoms with van der Waals surface area (Å²) in [6, 6.07) is 9.63. The number of carboxylic acids is 1. The molecule has 100 valence electrons. The summed E-state index contributed by atoms with van der Waals surface area (Å²) >= 11 is 0. The van der Waals surface area contributed by atoms with Crippen molar-refractivity contribution in [2.24, 2.45) is 0 Å². The van der Waals surface area contributed by atoms with E-state index in [9.17, 15) is 4.79 Å². The highest BCUT2D eigenvalue weighted by Gasteiger charge is 2.08. The number of carboxylic acid groups (broad SMARTS) is 1. The Hall–Kier alpha value is -2.10. The van der Waals surface area contributed by atoms with Crippen molar-refractivity contribution in [3.63, 3.8) is 0 Å². The van der Waals surface area contributed by atoms with Gasteiger partial charge in [0.25, 0.3) is 0 Å². The van der Waals surface area contributed by atoms with Crippen LogP contribution < -0.4 is 5.32 Å². The van der Waals surface area contributed by atoms with Gasteiger partial charge in [0.05, 0.1) is 17.6 Å². The Kier molecular flexibility index (Phi) is 4.34. The summed E-state index contributed by atoms with van der Waals surface area (Å²) in [5.74, 6) is -0.859. The van der Waals surface area contributed by atoms with Crippen molar-refractivity contribution in [2.75, 3.05) is 11.9 Å². The van der Waals surface area contributed by atoms with Crippen molar-refractivity contribution in [3.05, 3.63) is 36.0 Å². The molecule has 0 unspecified atom stereocenters. The molecular weight excluding hydrogens is 240 g/mol. The first kappa shape index (κ1) is 13.3. The smallest absolute Gasteiger partial charge is 0.309 e. The maximum Gasteiger partial charge on any atom is 0.309 e. The molecule has 4 nitrogen and oxygen atoms in total. The third-order valence-electron chi connectivity index (χ3n) is 2.95. The van der Waals surface area contributed by atoms with Gasteiger partial charge < -0.3 is 10.4 Å². The summed E-state index contributed by atoms with van der Waals surface area (Å²) in [6.45, 7) is 3.03. The van der Waals surface area contributed by atoms with Gasteiger partial charge in [-0.25, -0.2) is 0 Å². The molecule has 0 aliphatic carbocycles. The third-order valence-corrected chi connectivity index (χ3v) is 2.95. The molecule has 0 saturated carbocycles.